The number of carbonyl (C=O) groups is 1. The van der Waals surface area contributed by atoms with Crippen molar-refractivity contribution in [1.82, 2.24) is 4.98 Å². The quantitative estimate of drug-likeness (QED) is 0.555. The number of rotatable bonds is 6. The lowest BCUT2D eigenvalue weighted by Crippen LogP contribution is -2.31. The van der Waals surface area contributed by atoms with Gasteiger partial charge in [0, 0.05) is 36.0 Å². The molecule has 0 saturated carbocycles. The highest BCUT2D eigenvalue weighted by atomic mass is 19.1. The van der Waals surface area contributed by atoms with Crippen molar-refractivity contribution < 1.29 is 19.0 Å². The van der Waals surface area contributed by atoms with Crippen molar-refractivity contribution in [2.75, 3.05) is 18.0 Å². The van der Waals surface area contributed by atoms with Gasteiger partial charge in [0.25, 0.3) is 0 Å². The highest BCUT2D eigenvalue weighted by Crippen LogP contribution is 2.38. The summed E-state index contributed by atoms with van der Waals surface area (Å²) in [7, 11) is 0. The molecular formula is C26H27FN2O3. The third-order valence-electron chi connectivity index (χ3n) is 5.77. The zero-order valence-corrected chi connectivity index (χ0v) is 18.3. The lowest BCUT2D eigenvalue weighted by Gasteiger charge is -2.26. The van der Waals surface area contributed by atoms with Crippen LogP contribution in [0.4, 0.5) is 10.2 Å². The fraction of sp³-hybridized carbons (Fsp3) is 0.308. The highest BCUT2D eigenvalue weighted by molar-refractivity contribution is 6.01. The van der Waals surface area contributed by atoms with Gasteiger partial charge in [-0.3, -0.25) is 4.79 Å². The van der Waals surface area contributed by atoms with Crippen LogP contribution < -0.4 is 4.90 Å². The number of benzene rings is 2. The van der Waals surface area contributed by atoms with Crippen molar-refractivity contribution in [1.29, 1.82) is 0 Å². The van der Waals surface area contributed by atoms with Gasteiger partial charge < -0.3 is 14.7 Å². The molecule has 1 N–H and O–H groups in total. The Kier molecular flexibility index (Phi) is 6.51. The molecule has 0 spiro atoms. The van der Waals surface area contributed by atoms with Crippen molar-refractivity contribution in [2.24, 2.45) is 0 Å². The number of halogens is 1. The lowest BCUT2D eigenvalue weighted by atomic mass is 9.94. The molecule has 2 aromatic carbocycles. The molecule has 1 aliphatic heterocycles. The molecule has 1 saturated heterocycles. The van der Waals surface area contributed by atoms with E-state index in [0.29, 0.717) is 6.42 Å². The first-order valence-electron chi connectivity index (χ1n) is 11.0. The van der Waals surface area contributed by atoms with Crippen LogP contribution in [-0.2, 0) is 9.53 Å². The zero-order valence-electron chi connectivity index (χ0n) is 18.3. The van der Waals surface area contributed by atoms with E-state index < -0.39 is 18.2 Å². The number of carbonyl (C=O) groups excluding carboxylic acids is 1. The zero-order chi connectivity index (χ0) is 22.7. The summed E-state index contributed by atoms with van der Waals surface area (Å²) in [6, 6.07) is 14.3. The smallest absolute Gasteiger partial charge is 0.309 e. The van der Waals surface area contributed by atoms with Gasteiger partial charge in [-0.05, 0) is 43.7 Å². The molecule has 1 fully saturated rings. The summed E-state index contributed by atoms with van der Waals surface area (Å²) >= 11 is 0. The van der Waals surface area contributed by atoms with Crippen molar-refractivity contribution in [2.45, 2.75) is 38.9 Å². The maximum atomic E-state index is 13.7. The van der Waals surface area contributed by atoms with Crippen LogP contribution >= 0.6 is 0 Å². The molecule has 0 radical (unpaired) electrons. The first-order valence-corrected chi connectivity index (χ1v) is 11.0. The molecule has 32 heavy (non-hydrogen) atoms. The number of fused-ring (bicyclic) bond motifs is 1. The van der Waals surface area contributed by atoms with E-state index in [2.05, 4.69) is 18.7 Å². The van der Waals surface area contributed by atoms with Gasteiger partial charge in [0.2, 0.25) is 0 Å². The average molecular weight is 435 g/mol. The van der Waals surface area contributed by atoms with E-state index in [9.17, 15) is 14.3 Å². The Morgan fingerprint density at radius 2 is 1.88 bits per heavy atom. The SMILES string of the molecule is CCN(CC)c1nc2ccccc2c(-c2ccc(F)cc2)c1/C=C/[C@H]1C[C@H](O)CC(=O)O1. The average Bonchev–Trinajstić information content (AvgIpc) is 2.78. The Balaban J connectivity index is 1.94. The summed E-state index contributed by atoms with van der Waals surface area (Å²) in [6.45, 7) is 5.68. The van der Waals surface area contributed by atoms with Crippen LogP contribution in [-0.4, -0.2) is 41.4 Å². The molecule has 2 atom stereocenters. The first-order chi connectivity index (χ1) is 15.5. The Labute approximate surface area is 187 Å². The third kappa shape index (κ3) is 4.50. The molecule has 166 valence electrons. The summed E-state index contributed by atoms with van der Waals surface area (Å²) in [6.07, 6.45) is 2.89. The minimum absolute atomic E-state index is 0.0212. The van der Waals surface area contributed by atoms with E-state index in [0.717, 1.165) is 46.5 Å². The molecule has 1 aliphatic rings. The molecule has 0 unspecified atom stereocenters. The molecule has 6 heteroatoms. The first kappa shape index (κ1) is 22.0. The summed E-state index contributed by atoms with van der Waals surface area (Å²) in [4.78, 5) is 18.9. The van der Waals surface area contributed by atoms with Crippen molar-refractivity contribution in [3.63, 3.8) is 0 Å². The number of nitrogens with zero attached hydrogens (tertiary/aromatic N) is 2. The van der Waals surface area contributed by atoms with Gasteiger partial charge >= 0.3 is 5.97 Å². The minimum atomic E-state index is -0.709. The van der Waals surface area contributed by atoms with E-state index in [1.54, 1.807) is 12.1 Å². The second-order valence-electron chi connectivity index (χ2n) is 7.90. The number of aliphatic hydroxyl groups excluding tert-OH is 1. The molecule has 5 nitrogen and oxygen atoms in total. The van der Waals surface area contributed by atoms with Gasteiger partial charge in [-0.1, -0.05) is 36.4 Å². The Morgan fingerprint density at radius 1 is 1.16 bits per heavy atom. The number of hydrogen-bond donors (Lipinski definition) is 1. The summed E-state index contributed by atoms with van der Waals surface area (Å²) in [5.74, 6) is 0.112. The molecule has 1 aromatic heterocycles. The molecular weight excluding hydrogens is 407 g/mol. The topological polar surface area (TPSA) is 62.7 Å². The van der Waals surface area contributed by atoms with Gasteiger partial charge in [-0.2, -0.15) is 0 Å². The van der Waals surface area contributed by atoms with Crippen molar-refractivity contribution >= 4 is 28.8 Å². The molecule has 3 aromatic rings. The number of esters is 1. The molecule has 0 aliphatic carbocycles. The van der Waals surface area contributed by atoms with Gasteiger partial charge in [-0.15, -0.1) is 0 Å². The van der Waals surface area contributed by atoms with Crippen molar-refractivity contribution in [3.8, 4) is 11.1 Å². The van der Waals surface area contributed by atoms with Crippen LogP contribution in [0.2, 0.25) is 0 Å². The maximum Gasteiger partial charge on any atom is 0.309 e. The van der Waals surface area contributed by atoms with E-state index in [-0.39, 0.29) is 12.2 Å². The van der Waals surface area contributed by atoms with E-state index in [1.165, 1.54) is 12.1 Å². The number of aliphatic hydroxyl groups is 1. The number of hydrogen-bond acceptors (Lipinski definition) is 5. The van der Waals surface area contributed by atoms with Gasteiger partial charge in [0.05, 0.1) is 18.0 Å². The third-order valence-corrected chi connectivity index (χ3v) is 5.77. The Morgan fingerprint density at radius 3 is 2.56 bits per heavy atom. The Bertz CT molecular complexity index is 1140. The lowest BCUT2D eigenvalue weighted by molar-refractivity contribution is -0.156. The number of pyridine rings is 1. The predicted molar refractivity (Wildman–Crippen MR) is 125 cm³/mol. The van der Waals surface area contributed by atoms with Crippen LogP contribution in [0.15, 0.2) is 54.6 Å². The van der Waals surface area contributed by atoms with E-state index in [4.69, 9.17) is 9.72 Å². The van der Waals surface area contributed by atoms with E-state index >= 15 is 0 Å². The summed E-state index contributed by atoms with van der Waals surface area (Å²) in [5, 5.41) is 10.9. The van der Waals surface area contributed by atoms with Crippen LogP contribution in [0.5, 0.6) is 0 Å². The monoisotopic (exact) mass is 434 g/mol. The van der Waals surface area contributed by atoms with Crippen LogP contribution in [0.3, 0.4) is 0 Å². The second kappa shape index (κ2) is 9.49. The van der Waals surface area contributed by atoms with Crippen molar-refractivity contribution in [3.05, 3.63) is 66.0 Å². The number of ether oxygens (including phenoxy) is 1. The fourth-order valence-corrected chi connectivity index (χ4v) is 4.19. The molecule has 2 heterocycles. The van der Waals surface area contributed by atoms with Gasteiger partial charge in [0.15, 0.2) is 0 Å². The maximum absolute atomic E-state index is 13.7. The Hall–Kier alpha value is -3.25. The summed E-state index contributed by atoms with van der Waals surface area (Å²) in [5.41, 5.74) is 3.54. The minimum Gasteiger partial charge on any atom is -0.458 e. The van der Waals surface area contributed by atoms with E-state index in [1.807, 2.05) is 36.4 Å². The normalized spacial score (nSPS) is 18.8. The number of para-hydroxylation sites is 1. The van der Waals surface area contributed by atoms with Crippen LogP contribution in [0.1, 0.15) is 32.3 Å². The standard InChI is InChI=1S/C26H27FN2O3/c1-3-29(4-2)26-22(14-13-20-15-19(30)16-24(31)32-20)25(17-9-11-18(27)12-10-17)21-7-5-6-8-23(21)28-26/h5-14,19-20,30H,3-4,15-16H2,1-2H3/b14-13+/t19-,20-/m0/s1. The highest BCUT2D eigenvalue weighted by Gasteiger charge is 2.26. The fourth-order valence-electron chi connectivity index (χ4n) is 4.19. The molecule has 0 bridgehead atoms. The number of aromatic nitrogens is 1. The largest absolute Gasteiger partial charge is 0.458 e. The van der Waals surface area contributed by atoms with Crippen LogP contribution in [0, 0.1) is 5.82 Å². The van der Waals surface area contributed by atoms with Crippen LogP contribution in [0.25, 0.3) is 28.1 Å². The number of cyclic esters (lactones) is 1. The molecule has 0 amide bonds. The molecule has 4 rings (SSSR count). The predicted octanol–water partition coefficient (Wildman–Crippen LogP) is 4.97. The van der Waals surface area contributed by atoms with Gasteiger partial charge in [-0.25, -0.2) is 9.37 Å². The summed E-state index contributed by atoms with van der Waals surface area (Å²) < 4.78 is 19.1. The second-order valence-corrected chi connectivity index (χ2v) is 7.90. The van der Waals surface area contributed by atoms with Gasteiger partial charge in [0.1, 0.15) is 17.7 Å². The number of anilines is 1.